The van der Waals surface area contributed by atoms with E-state index in [-0.39, 0.29) is 12.8 Å². The number of carboxylic acid groups (broad SMARTS) is 2. The van der Waals surface area contributed by atoms with E-state index >= 15 is 0 Å². The highest BCUT2D eigenvalue weighted by molar-refractivity contribution is 8.10. The Morgan fingerprint density at radius 1 is 1.23 bits per heavy atom. The van der Waals surface area contributed by atoms with Gasteiger partial charge in [-0.2, -0.15) is 0 Å². The summed E-state index contributed by atoms with van der Waals surface area (Å²) in [7, 11) is 0. The topological polar surface area (TPSA) is 107 Å². The Kier molecular flexibility index (Phi) is 7.68. The lowest BCUT2D eigenvalue weighted by Gasteiger charge is -2.22. The Hall–Kier alpha value is -1.27. The van der Waals surface area contributed by atoms with Crippen molar-refractivity contribution < 1.29 is 24.7 Å². The highest BCUT2D eigenvalue weighted by atomic mass is 32.4. The van der Waals surface area contributed by atoms with Gasteiger partial charge in [0.2, 0.25) is 0 Å². The van der Waals surface area contributed by atoms with E-state index in [0.717, 1.165) is 12.0 Å². The molecule has 0 saturated carbocycles. The number of nitrogens with one attached hydrogen (secondary N) is 1. The van der Waals surface area contributed by atoms with Crippen LogP contribution in [-0.2, 0) is 27.8 Å². The summed E-state index contributed by atoms with van der Waals surface area (Å²) in [6.45, 7) is 0. The van der Waals surface area contributed by atoms with E-state index in [1.165, 1.54) is 0 Å². The molecule has 122 valence electrons. The van der Waals surface area contributed by atoms with Crippen molar-refractivity contribution in [1.29, 1.82) is 0 Å². The number of benzene rings is 1. The highest BCUT2D eigenvalue weighted by Crippen LogP contribution is 2.38. The average molecular weight is 345 g/mol. The molecule has 0 aliphatic rings. The van der Waals surface area contributed by atoms with Crippen LogP contribution in [-0.4, -0.2) is 39.2 Å². The van der Waals surface area contributed by atoms with Crippen molar-refractivity contribution >= 4 is 30.2 Å². The first-order valence-corrected chi connectivity index (χ1v) is 9.82. The summed E-state index contributed by atoms with van der Waals surface area (Å²) < 4.78 is 0. The van der Waals surface area contributed by atoms with Gasteiger partial charge in [-0.25, -0.2) is 0 Å². The quantitative estimate of drug-likeness (QED) is 0.479. The van der Waals surface area contributed by atoms with E-state index in [1.807, 2.05) is 30.3 Å². The number of carboxylic acids is 2. The Balaban J connectivity index is 2.47. The van der Waals surface area contributed by atoms with Gasteiger partial charge in [-0.15, -0.1) is 0 Å². The van der Waals surface area contributed by atoms with Gasteiger partial charge in [0.25, 0.3) is 0 Å². The van der Waals surface area contributed by atoms with Crippen molar-refractivity contribution in [2.24, 2.45) is 0 Å². The van der Waals surface area contributed by atoms with Gasteiger partial charge in [0.05, 0.1) is 0 Å². The molecule has 8 heteroatoms. The monoisotopic (exact) mass is 345 g/mol. The number of rotatable bonds is 10. The van der Waals surface area contributed by atoms with Crippen LogP contribution in [0, 0.1) is 0 Å². The second-order valence-electron chi connectivity index (χ2n) is 4.97. The van der Waals surface area contributed by atoms with Gasteiger partial charge in [0.1, 0.15) is 12.5 Å². The molecule has 22 heavy (non-hydrogen) atoms. The lowest BCUT2D eigenvalue weighted by Crippen LogP contribution is -2.35. The van der Waals surface area contributed by atoms with Crippen LogP contribution in [0.25, 0.3) is 0 Å². The molecular weight excluding hydrogens is 325 g/mol. The molecule has 1 rings (SSSR count). The van der Waals surface area contributed by atoms with Crippen molar-refractivity contribution in [3.63, 3.8) is 0 Å². The van der Waals surface area contributed by atoms with Crippen LogP contribution in [0.15, 0.2) is 30.3 Å². The van der Waals surface area contributed by atoms with Gasteiger partial charge in [-0.05, 0) is 24.8 Å². The number of carbonyl (C=O) groups is 2. The van der Waals surface area contributed by atoms with E-state index in [9.17, 15) is 14.5 Å². The molecule has 0 amide bonds. The lowest BCUT2D eigenvalue weighted by atomic mass is 10.1. The minimum atomic E-state index is -2.99. The number of aliphatic carboxylic acids is 2. The third-order valence-electron chi connectivity index (χ3n) is 3.07. The molecule has 6 nitrogen and oxygen atoms in total. The van der Waals surface area contributed by atoms with Crippen LogP contribution in [0.1, 0.15) is 24.8 Å². The zero-order valence-corrected chi connectivity index (χ0v) is 13.7. The Morgan fingerprint density at radius 3 is 2.41 bits per heavy atom. The smallest absolute Gasteiger partial charge is 0.321 e. The number of aryl methyl sites for hydroxylation is 1. The van der Waals surface area contributed by atoms with Crippen molar-refractivity contribution in [2.45, 2.75) is 31.7 Å². The van der Waals surface area contributed by atoms with Crippen LogP contribution in [0.5, 0.6) is 0 Å². The molecule has 0 heterocycles. The molecule has 1 unspecified atom stereocenters. The van der Waals surface area contributed by atoms with Crippen LogP contribution >= 0.6 is 6.42 Å². The minimum Gasteiger partial charge on any atom is -0.481 e. The summed E-state index contributed by atoms with van der Waals surface area (Å²) in [5.41, 5.74) is 1.12. The van der Waals surface area contributed by atoms with E-state index in [1.54, 1.807) is 0 Å². The Bertz CT molecular complexity index is 551. The van der Waals surface area contributed by atoms with Gasteiger partial charge < -0.3 is 15.1 Å². The molecule has 0 radical (unpaired) electrons. The molecule has 0 aliphatic heterocycles. The van der Waals surface area contributed by atoms with Crippen molar-refractivity contribution in [2.75, 3.05) is 6.16 Å². The molecular formula is C14H20NO5PS. The predicted octanol–water partition coefficient (Wildman–Crippen LogP) is 1.83. The number of hydrogen-bond acceptors (Lipinski definition) is 3. The second-order valence-corrected chi connectivity index (χ2v) is 8.89. The van der Waals surface area contributed by atoms with E-state index in [0.29, 0.717) is 12.6 Å². The van der Waals surface area contributed by atoms with Gasteiger partial charge in [-0.1, -0.05) is 42.1 Å². The SMILES string of the molecule is O=C(O)CC[C@H](NP(O)(=S)CCCc1ccccc1)C(=O)O. The largest absolute Gasteiger partial charge is 0.481 e. The zero-order chi connectivity index (χ0) is 16.6. The Labute approximate surface area is 134 Å². The fourth-order valence-corrected chi connectivity index (χ4v) is 4.17. The van der Waals surface area contributed by atoms with E-state index < -0.39 is 24.4 Å². The summed E-state index contributed by atoms with van der Waals surface area (Å²) >= 11 is 5.08. The summed E-state index contributed by atoms with van der Waals surface area (Å²) in [6, 6.07) is 8.58. The maximum absolute atomic E-state index is 11.1. The molecule has 0 saturated heterocycles. The van der Waals surface area contributed by atoms with Crippen LogP contribution in [0.3, 0.4) is 0 Å². The van der Waals surface area contributed by atoms with Gasteiger partial charge >= 0.3 is 11.9 Å². The van der Waals surface area contributed by atoms with Gasteiger partial charge in [-0.3, -0.25) is 14.7 Å². The molecule has 0 aliphatic carbocycles. The first-order chi connectivity index (χ1) is 10.3. The van der Waals surface area contributed by atoms with Gasteiger partial charge in [0, 0.05) is 12.6 Å². The second kappa shape index (κ2) is 9.00. The summed E-state index contributed by atoms with van der Waals surface area (Å²) in [6.07, 6.45) is -1.71. The fraction of sp³-hybridized carbons (Fsp3) is 0.429. The Morgan fingerprint density at radius 2 is 1.86 bits per heavy atom. The molecule has 0 bridgehead atoms. The fourth-order valence-electron chi connectivity index (χ4n) is 1.96. The zero-order valence-electron chi connectivity index (χ0n) is 12.0. The third kappa shape index (κ3) is 7.66. The minimum absolute atomic E-state index is 0.109. The molecule has 1 aromatic rings. The van der Waals surface area contributed by atoms with Crippen LogP contribution in [0.2, 0.25) is 0 Å². The normalized spacial score (nSPS) is 15.0. The summed E-state index contributed by atoms with van der Waals surface area (Å²) in [4.78, 5) is 31.8. The standard InChI is InChI=1S/C14H20NO5PS/c16-13(17)9-8-12(14(18)19)15-21(20,22)10-4-7-11-5-2-1-3-6-11/h1-3,5-6,12H,4,7-10H2,(H,16,17)(H,18,19)(H2,15,20,22)/t12-,21?/m0/s1. The lowest BCUT2D eigenvalue weighted by molar-refractivity contribution is -0.140. The summed E-state index contributed by atoms with van der Waals surface area (Å²) in [5.74, 6) is -2.28. The molecule has 0 aromatic heterocycles. The molecule has 2 atom stereocenters. The van der Waals surface area contributed by atoms with Crippen molar-refractivity contribution in [3.8, 4) is 0 Å². The molecule has 0 fully saturated rings. The van der Waals surface area contributed by atoms with Gasteiger partial charge in [0.15, 0.2) is 0 Å². The van der Waals surface area contributed by atoms with E-state index in [2.05, 4.69) is 5.09 Å². The maximum Gasteiger partial charge on any atom is 0.321 e. The molecule has 4 N–H and O–H groups in total. The first kappa shape index (κ1) is 18.8. The van der Waals surface area contributed by atoms with E-state index in [4.69, 9.17) is 22.0 Å². The molecule has 0 spiro atoms. The van der Waals surface area contributed by atoms with Crippen LogP contribution in [0.4, 0.5) is 0 Å². The van der Waals surface area contributed by atoms with Crippen molar-refractivity contribution in [3.05, 3.63) is 35.9 Å². The van der Waals surface area contributed by atoms with Crippen LogP contribution < -0.4 is 5.09 Å². The average Bonchev–Trinajstić information content (AvgIpc) is 2.44. The number of hydrogen-bond donors (Lipinski definition) is 4. The molecule has 1 aromatic carbocycles. The third-order valence-corrected chi connectivity index (χ3v) is 5.57. The highest BCUT2D eigenvalue weighted by Gasteiger charge is 2.24. The first-order valence-electron chi connectivity index (χ1n) is 6.88. The van der Waals surface area contributed by atoms with Crippen molar-refractivity contribution in [1.82, 2.24) is 5.09 Å². The summed E-state index contributed by atoms with van der Waals surface area (Å²) in [5, 5.41) is 20.2. The maximum atomic E-state index is 11.1. The predicted molar refractivity (Wildman–Crippen MR) is 87.6 cm³/mol.